The van der Waals surface area contributed by atoms with E-state index in [2.05, 4.69) is 13.8 Å². The molecule has 0 saturated carbocycles. The molecule has 0 bridgehead atoms. The molecule has 0 N–H and O–H groups in total. The first-order valence-corrected chi connectivity index (χ1v) is 5.25. The number of benzene rings is 1. The summed E-state index contributed by atoms with van der Waals surface area (Å²) >= 11 is 0. The molecule has 0 aliphatic rings. The fraction of sp³-hybridized carbons (Fsp3) is 0.462. The van der Waals surface area contributed by atoms with Crippen LogP contribution in [0.5, 0.6) is 0 Å². The molecule has 1 heteroatoms. The molecule has 0 aromatic heterocycles. The van der Waals surface area contributed by atoms with Crippen molar-refractivity contribution >= 4 is 0 Å². The molecule has 0 nitrogen and oxygen atoms in total. The monoisotopic (exact) mass is 193 g/mol. The summed E-state index contributed by atoms with van der Waals surface area (Å²) in [6.07, 6.45) is 3.22. The van der Waals surface area contributed by atoms with Gasteiger partial charge in [-0.3, -0.25) is 0 Å². The van der Waals surface area contributed by atoms with Crippen LogP contribution in [0.1, 0.15) is 43.2 Å². The number of unbranched alkanes of at least 4 members (excludes halogenated alkanes) is 1. The Hall–Kier alpha value is -0.850. The smallest absolute Gasteiger partial charge is 0.129 e. The lowest BCUT2D eigenvalue weighted by Gasteiger charge is -2.13. The van der Waals surface area contributed by atoms with Gasteiger partial charge in [-0.1, -0.05) is 38.0 Å². The summed E-state index contributed by atoms with van der Waals surface area (Å²) in [6.45, 7) is 7.94. The topological polar surface area (TPSA) is 0 Å². The van der Waals surface area contributed by atoms with E-state index in [9.17, 15) is 4.39 Å². The van der Waals surface area contributed by atoms with Gasteiger partial charge in [0.25, 0.3) is 0 Å². The molecule has 0 amide bonds. The van der Waals surface area contributed by atoms with Crippen LogP contribution in [0.3, 0.4) is 0 Å². The van der Waals surface area contributed by atoms with Crippen LogP contribution in [0, 0.1) is 19.7 Å². The van der Waals surface area contributed by atoms with Crippen molar-refractivity contribution < 1.29 is 4.39 Å². The Morgan fingerprint density at radius 2 is 2.14 bits per heavy atom. The third-order valence-corrected chi connectivity index (χ3v) is 2.57. The molecule has 0 saturated heterocycles. The average molecular weight is 193 g/mol. The van der Waals surface area contributed by atoms with Gasteiger partial charge in [-0.05, 0) is 37.3 Å². The summed E-state index contributed by atoms with van der Waals surface area (Å²) in [4.78, 5) is 0. The Balaban J connectivity index is 2.79. The Morgan fingerprint density at radius 1 is 1.43 bits per heavy atom. The van der Waals surface area contributed by atoms with Crippen molar-refractivity contribution in [2.24, 2.45) is 0 Å². The molecule has 1 aromatic rings. The molecule has 1 atom stereocenters. The maximum atomic E-state index is 13.6. The van der Waals surface area contributed by atoms with Gasteiger partial charge in [0.15, 0.2) is 0 Å². The molecule has 0 fully saturated rings. The van der Waals surface area contributed by atoms with Gasteiger partial charge < -0.3 is 0 Å². The van der Waals surface area contributed by atoms with Crippen molar-refractivity contribution in [3.8, 4) is 0 Å². The standard InChI is InChI=1S/C13H18F/c1-4-5-7-10(2)12-9-6-8-11(3)13(12)14/h6,8-10H,2,4-5,7H2,1,3H3. The van der Waals surface area contributed by atoms with Crippen LogP contribution in [0.4, 0.5) is 4.39 Å². The zero-order valence-electron chi connectivity index (χ0n) is 9.02. The summed E-state index contributed by atoms with van der Waals surface area (Å²) in [7, 11) is 0. The van der Waals surface area contributed by atoms with E-state index in [1.165, 1.54) is 0 Å². The van der Waals surface area contributed by atoms with Crippen LogP contribution >= 0.6 is 0 Å². The Bertz CT molecular complexity index is 291. The third-order valence-electron chi connectivity index (χ3n) is 2.57. The molecule has 0 aliphatic heterocycles. The summed E-state index contributed by atoms with van der Waals surface area (Å²) < 4.78 is 13.6. The van der Waals surface area contributed by atoms with E-state index < -0.39 is 0 Å². The number of rotatable bonds is 4. The highest BCUT2D eigenvalue weighted by Crippen LogP contribution is 2.24. The van der Waals surface area contributed by atoms with Crippen molar-refractivity contribution in [1.29, 1.82) is 0 Å². The summed E-state index contributed by atoms with van der Waals surface area (Å²) in [5, 5.41) is 0. The minimum absolute atomic E-state index is 0.0800. The van der Waals surface area contributed by atoms with Crippen molar-refractivity contribution in [1.82, 2.24) is 0 Å². The van der Waals surface area contributed by atoms with Crippen molar-refractivity contribution in [3.63, 3.8) is 0 Å². The SMILES string of the molecule is [CH2]C(CCCC)c1cccc(C)c1F. The summed E-state index contributed by atoms with van der Waals surface area (Å²) in [5.74, 6) is 0.0125. The molecular weight excluding hydrogens is 175 g/mol. The average Bonchev–Trinajstić information content (AvgIpc) is 2.18. The molecule has 1 unspecified atom stereocenters. The van der Waals surface area contributed by atoms with Gasteiger partial charge in [-0.2, -0.15) is 0 Å². The van der Waals surface area contributed by atoms with E-state index in [1.54, 1.807) is 13.0 Å². The molecule has 1 aromatic carbocycles. The van der Waals surface area contributed by atoms with Gasteiger partial charge in [0.05, 0.1) is 0 Å². The van der Waals surface area contributed by atoms with E-state index in [-0.39, 0.29) is 11.7 Å². The maximum absolute atomic E-state index is 13.6. The van der Waals surface area contributed by atoms with E-state index in [0.29, 0.717) is 5.56 Å². The lowest BCUT2D eigenvalue weighted by Crippen LogP contribution is -1.99. The van der Waals surface area contributed by atoms with Gasteiger partial charge in [-0.25, -0.2) is 4.39 Å². The lowest BCUT2D eigenvalue weighted by molar-refractivity contribution is 0.571. The van der Waals surface area contributed by atoms with Gasteiger partial charge in [0.2, 0.25) is 0 Å². The number of aryl methyl sites for hydroxylation is 1. The Kier molecular flexibility index (Phi) is 4.12. The van der Waals surface area contributed by atoms with Crippen LogP contribution in [-0.2, 0) is 0 Å². The van der Waals surface area contributed by atoms with Gasteiger partial charge >= 0.3 is 0 Å². The second-order valence-electron chi connectivity index (χ2n) is 3.82. The first-order valence-electron chi connectivity index (χ1n) is 5.25. The highest BCUT2D eigenvalue weighted by atomic mass is 19.1. The second kappa shape index (κ2) is 5.14. The van der Waals surface area contributed by atoms with Crippen molar-refractivity contribution in [2.45, 2.75) is 39.0 Å². The Labute approximate surface area is 86.2 Å². The van der Waals surface area contributed by atoms with Crippen LogP contribution in [0.25, 0.3) is 0 Å². The van der Waals surface area contributed by atoms with Crippen molar-refractivity contribution in [3.05, 3.63) is 42.1 Å². The fourth-order valence-corrected chi connectivity index (χ4v) is 1.59. The molecule has 0 spiro atoms. The van der Waals surface area contributed by atoms with Crippen LogP contribution < -0.4 is 0 Å². The molecule has 77 valence electrons. The van der Waals surface area contributed by atoms with E-state index in [1.807, 2.05) is 12.1 Å². The molecule has 0 aliphatic carbocycles. The highest BCUT2D eigenvalue weighted by molar-refractivity contribution is 5.28. The van der Waals surface area contributed by atoms with Gasteiger partial charge in [-0.15, -0.1) is 0 Å². The summed E-state index contributed by atoms with van der Waals surface area (Å²) in [5.41, 5.74) is 1.48. The molecule has 1 rings (SSSR count). The molecule has 1 radical (unpaired) electrons. The van der Waals surface area contributed by atoms with E-state index >= 15 is 0 Å². The predicted octanol–water partition coefficient (Wildman–Crippen LogP) is 4.24. The third kappa shape index (κ3) is 2.57. The van der Waals surface area contributed by atoms with Crippen LogP contribution in [0.2, 0.25) is 0 Å². The first kappa shape index (κ1) is 11.2. The Morgan fingerprint density at radius 3 is 2.79 bits per heavy atom. The number of hydrogen-bond acceptors (Lipinski definition) is 0. The quantitative estimate of drug-likeness (QED) is 0.671. The fourth-order valence-electron chi connectivity index (χ4n) is 1.59. The predicted molar refractivity (Wildman–Crippen MR) is 58.8 cm³/mol. The molecule has 0 heterocycles. The van der Waals surface area contributed by atoms with Crippen LogP contribution in [0.15, 0.2) is 18.2 Å². The van der Waals surface area contributed by atoms with E-state index in [4.69, 9.17) is 0 Å². The maximum Gasteiger partial charge on any atom is 0.129 e. The van der Waals surface area contributed by atoms with Gasteiger partial charge in [0, 0.05) is 0 Å². The number of hydrogen-bond donors (Lipinski definition) is 0. The zero-order valence-corrected chi connectivity index (χ0v) is 9.02. The highest BCUT2D eigenvalue weighted by Gasteiger charge is 2.11. The van der Waals surface area contributed by atoms with Crippen molar-refractivity contribution in [2.75, 3.05) is 0 Å². The van der Waals surface area contributed by atoms with E-state index in [0.717, 1.165) is 24.8 Å². The first-order chi connectivity index (χ1) is 6.66. The number of halogens is 1. The summed E-state index contributed by atoms with van der Waals surface area (Å²) in [6, 6.07) is 5.54. The normalized spacial score (nSPS) is 12.9. The van der Waals surface area contributed by atoms with Crippen LogP contribution in [-0.4, -0.2) is 0 Å². The lowest BCUT2D eigenvalue weighted by atomic mass is 9.94. The zero-order chi connectivity index (χ0) is 10.6. The minimum atomic E-state index is -0.0800. The van der Waals surface area contributed by atoms with Gasteiger partial charge in [0.1, 0.15) is 5.82 Å². The minimum Gasteiger partial charge on any atom is -0.206 e. The second-order valence-corrected chi connectivity index (χ2v) is 3.82. The molecular formula is C13H18F. The molecule has 14 heavy (non-hydrogen) atoms. The largest absolute Gasteiger partial charge is 0.206 e.